The third kappa shape index (κ3) is 2.02. The van der Waals surface area contributed by atoms with Crippen molar-refractivity contribution in [3.63, 3.8) is 0 Å². The average molecular weight is 286 g/mol. The highest BCUT2D eigenvalue weighted by Gasteiger charge is 2.34. The van der Waals surface area contributed by atoms with Gasteiger partial charge in [-0.15, -0.1) is 0 Å². The zero-order valence-corrected chi connectivity index (χ0v) is 11.5. The van der Waals surface area contributed by atoms with E-state index < -0.39 is 11.6 Å². The summed E-state index contributed by atoms with van der Waals surface area (Å²) in [6.45, 7) is 1.92. The Balaban J connectivity index is 1.80. The Kier molecular flexibility index (Phi) is 2.93. The summed E-state index contributed by atoms with van der Waals surface area (Å²) in [6, 6.07) is 10.1. The van der Waals surface area contributed by atoms with Crippen molar-refractivity contribution < 1.29 is 8.78 Å². The van der Waals surface area contributed by atoms with Crippen LogP contribution in [0.4, 0.5) is 14.5 Å². The molecule has 0 bridgehead atoms. The predicted octanol–water partition coefficient (Wildman–Crippen LogP) is 3.50. The van der Waals surface area contributed by atoms with E-state index in [-0.39, 0.29) is 5.56 Å². The molecule has 2 nitrogen and oxygen atoms in total. The van der Waals surface area contributed by atoms with Gasteiger partial charge in [0.25, 0.3) is 0 Å². The number of anilines is 1. The smallest absolute Gasteiger partial charge is 0.133 e. The van der Waals surface area contributed by atoms with E-state index in [1.165, 1.54) is 18.2 Å². The molecule has 0 saturated carbocycles. The zero-order chi connectivity index (χ0) is 14.4. The molecule has 0 aromatic heterocycles. The molecule has 2 N–H and O–H groups in total. The summed E-state index contributed by atoms with van der Waals surface area (Å²) in [5, 5.41) is 6.91. The summed E-state index contributed by atoms with van der Waals surface area (Å²) < 4.78 is 27.9. The van der Waals surface area contributed by atoms with E-state index in [0.29, 0.717) is 17.5 Å². The molecule has 0 radical (unpaired) electrons. The lowest BCUT2D eigenvalue weighted by Crippen LogP contribution is -2.38. The number of benzene rings is 2. The van der Waals surface area contributed by atoms with E-state index >= 15 is 0 Å². The highest BCUT2D eigenvalue weighted by molar-refractivity contribution is 5.72. The topological polar surface area (TPSA) is 24.1 Å². The first-order valence-corrected chi connectivity index (χ1v) is 7.29. The maximum absolute atomic E-state index is 14.0. The fourth-order valence-corrected chi connectivity index (χ4v) is 3.49. The van der Waals surface area contributed by atoms with E-state index in [1.54, 1.807) is 6.07 Å². The van der Waals surface area contributed by atoms with Gasteiger partial charge in [-0.2, -0.15) is 0 Å². The van der Waals surface area contributed by atoms with Crippen molar-refractivity contribution in [2.75, 3.05) is 18.4 Å². The summed E-state index contributed by atoms with van der Waals surface area (Å²) in [5.41, 5.74) is 2.92. The van der Waals surface area contributed by atoms with Crippen LogP contribution in [0.15, 0.2) is 36.4 Å². The molecule has 2 atom stereocenters. The SMILES string of the molecule is Fc1cccc(F)c1-c1ccc2c(c1)[C@@H]1CNCC[C@@H]1N2. The number of piperidine rings is 1. The second-order valence-corrected chi connectivity index (χ2v) is 5.75. The summed E-state index contributed by atoms with van der Waals surface area (Å²) in [7, 11) is 0. The van der Waals surface area contributed by atoms with Crippen molar-refractivity contribution in [1.29, 1.82) is 0 Å². The molecule has 2 aromatic carbocycles. The van der Waals surface area contributed by atoms with Crippen molar-refractivity contribution in [3.05, 3.63) is 53.6 Å². The van der Waals surface area contributed by atoms with E-state index in [4.69, 9.17) is 0 Å². The maximum Gasteiger partial charge on any atom is 0.133 e. The molecule has 108 valence electrons. The number of hydrogen-bond acceptors (Lipinski definition) is 2. The summed E-state index contributed by atoms with van der Waals surface area (Å²) in [6.07, 6.45) is 1.07. The molecule has 2 aromatic rings. The Morgan fingerprint density at radius 2 is 1.86 bits per heavy atom. The highest BCUT2D eigenvalue weighted by atomic mass is 19.1. The van der Waals surface area contributed by atoms with E-state index in [2.05, 4.69) is 10.6 Å². The fraction of sp³-hybridized carbons (Fsp3) is 0.294. The molecule has 1 fully saturated rings. The van der Waals surface area contributed by atoms with Gasteiger partial charge in [0.2, 0.25) is 0 Å². The Morgan fingerprint density at radius 3 is 2.67 bits per heavy atom. The monoisotopic (exact) mass is 286 g/mol. The van der Waals surface area contributed by atoms with Gasteiger partial charge in [-0.3, -0.25) is 0 Å². The van der Waals surface area contributed by atoms with Crippen LogP contribution in [-0.2, 0) is 0 Å². The molecule has 21 heavy (non-hydrogen) atoms. The lowest BCUT2D eigenvalue weighted by Gasteiger charge is -2.26. The van der Waals surface area contributed by atoms with Crippen LogP contribution < -0.4 is 10.6 Å². The summed E-state index contributed by atoms with van der Waals surface area (Å²) in [5.74, 6) is -0.651. The van der Waals surface area contributed by atoms with Gasteiger partial charge in [-0.1, -0.05) is 12.1 Å². The second kappa shape index (κ2) is 4.81. The minimum Gasteiger partial charge on any atom is -0.381 e. The fourth-order valence-electron chi connectivity index (χ4n) is 3.49. The van der Waals surface area contributed by atoms with Gasteiger partial charge < -0.3 is 10.6 Å². The Bertz CT molecular complexity index is 679. The quantitative estimate of drug-likeness (QED) is 0.838. The van der Waals surface area contributed by atoms with Crippen LogP contribution in [0.1, 0.15) is 17.9 Å². The average Bonchev–Trinajstić information content (AvgIpc) is 2.85. The molecule has 2 aliphatic rings. The number of nitrogens with one attached hydrogen (secondary N) is 2. The van der Waals surface area contributed by atoms with E-state index in [0.717, 1.165) is 30.8 Å². The third-order valence-electron chi connectivity index (χ3n) is 4.53. The molecule has 0 aliphatic carbocycles. The van der Waals surface area contributed by atoms with Gasteiger partial charge in [0.05, 0.1) is 5.56 Å². The minimum absolute atomic E-state index is 0.0625. The number of fused-ring (bicyclic) bond motifs is 3. The summed E-state index contributed by atoms with van der Waals surface area (Å²) >= 11 is 0. The zero-order valence-electron chi connectivity index (χ0n) is 11.5. The molecule has 0 amide bonds. The van der Waals surface area contributed by atoms with Gasteiger partial charge in [-0.05, 0) is 48.4 Å². The second-order valence-electron chi connectivity index (χ2n) is 5.75. The molecular formula is C17H16F2N2. The molecule has 2 aliphatic heterocycles. The lowest BCUT2D eigenvalue weighted by molar-refractivity contribution is 0.440. The molecule has 0 unspecified atom stereocenters. The van der Waals surface area contributed by atoms with Crippen molar-refractivity contribution >= 4 is 5.69 Å². The Morgan fingerprint density at radius 1 is 1.05 bits per heavy atom. The molecule has 2 heterocycles. The van der Waals surface area contributed by atoms with Crippen LogP contribution in [0, 0.1) is 11.6 Å². The van der Waals surface area contributed by atoms with Crippen LogP contribution in [0.25, 0.3) is 11.1 Å². The molecule has 0 spiro atoms. The minimum atomic E-state index is -0.515. The molecule has 4 rings (SSSR count). The van der Waals surface area contributed by atoms with Gasteiger partial charge in [0.1, 0.15) is 11.6 Å². The normalized spacial score (nSPS) is 23.3. The van der Waals surface area contributed by atoms with Crippen molar-refractivity contribution in [1.82, 2.24) is 5.32 Å². The highest BCUT2D eigenvalue weighted by Crippen LogP contribution is 2.41. The van der Waals surface area contributed by atoms with Gasteiger partial charge in [-0.25, -0.2) is 8.78 Å². The number of rotatable bonds is 1. The molecule has 1 saturated heterocycles. The van der Waals surface area contributed by atoms with Gasteiger partial charge in [0.15, 0.2) is 0 Å². The van der Waals surface area contributed by atoms with E-state index in [1.807, 2.05) is 12.1 Å². The van der Waals surface area contributed by atoms with Gasteiger partial charge >= 0.3 is 0 Å². The first-order valence-electron chi connectivity index (χ1n) is 7.29. The van der Waals surface area contributed by atoms with Crippen molar-refractivity contribution in [2.24, 2.45) is 0 Å². The van der Waals surface area contributed by atoms with E-state index in [9.17, 15) is 8.78 Å². The third-order valence-corrected chi connectivity index (χ3v) is 4.53. The van der Waals surface area contributed by atoms with Crippen LogP contribution in [-0.4, -0.2) is 19.1 Å². The number of hydrogen-bond donors (Lipinski definition) is 2. The standard InChI is InChI=1S/C17H16F2N2/c18-13-2-1-3-14(19)17(13)10-4-5-15-11(8-10)12-9-20-7-6-16(12)21-15/h1-5,8,12,16,20-21H,6-7,9H2/t12-,16-/m0/s1. The van der Waals surface area contributed by atoms with Crippen molar-refractivity contribution in [2.45, 2.75) is 18.4 Å². The Hall–Kier alpha value is -1.94. The van der Waals surface area contributed by atoms with Crippen molar-refractivity contribution in [3.8, 4) is 11.1 Å². The number of halogens is 2. The first kappa shape index (κ1) is 12.8. The van der Waals surface area contributed by atoms with Crippen LogP contribution in [0.2, 0.25) is 0 Å². The molecular weight excluding hydrogens is 270 g/mol. The Labute approximate surface area is 122 Å². The van der Waals surface area contributed by atoms with Gasteiger partial charge in [0, 0.05) is 24.2 Å². The summed E-state index contributed by atoms with van der Waals surface area (Å²) in [4.78, 5) is 0. The van der Waals surface area contributed by atoms with Crippen LogP contribution in [0.3, 0.4) is 0 Å². The van der Waals surface area contributed by atoms with Crippen LogP contribution in [0.5, 0.6) is 0 Å². The first-order chi connectivity index (χ1) is 10.2. The van der Waals surface area contributed by atoms with Crippen LogP contribution >= 0.6 is 0 Å². The lowest BCUT2D eigenvalue weighted by atomic mass is 9.89. The predicted molar refractivity (Wildman–Crippen MR) is 79.4 cm³/mol. The molecule has 4 heteroatoms. The maximum atomic E-state index is 14.0. The largest absolute Gasteiger partial charge is 0.381 e.